The van der Waals surface area contributed by atoms with Gasteiger partial charge < -0.3 is 14.2 Å². The van der Waals surface area contributed by atoms with Crippen LogP contribution in [0.1, 0.15) is 25.0 Å². The SMILES string of the molecule is CC1(C)OC(=O)C(=Cc2ccccc2OCc2cccc(F)c2)C(=O)O1. The normalized spacial score (nSPS) is 15.9. The Morgan fingerprint density at radius 3 is 2.42 bits per heavy atom. The topological polar surface area (TPSA) is 61.8 Å². The summed E-state index contributed by atoms with van der Waals surface area (Å²) in [6.07, 6.45) is 1.36. The molecule has 2 aromatic rings. The summed E-state index contributed by atoms with van der Waals surface area (Å²) in [7, 11) is 0. The molecule has 1 aliphatic rings. The van der Waals surface area contributed by atoms with Crippen LogP contribution in [0.15, 0.2) is 54.1 Å². The molecule has 5 nitrogen and oxygen atoms in total. The molecule has 134 valence electrons. The summed E-state index contributed by atoms with van der Waals surface area (Å²) in [6, 6.07) is 12.9. The van der Waals surface area contributed by atoms with Gasteiger partial charge in [0.1, 0.15) is 23.7 Å². The van der Waals surface area contributed by atoms with E-state index in [1.165, 1.54) is 32.1 Å². The first-order valence-electron chi connectivity index (χ1n) is 7.99. The van der Waals surface area contributed by atoms with Gasteiger partial charge in [0.15, 0.2) is 0 Å². The molecule has 1 saturated heterocycles. The van der Waals surface area contributed by atoms with Gasteiger partial charge in [-0.2, -0.15) is 0 Å². The summed E-state index contributed by atoms with van der Waals surface area (Å²) >= 11 is 0. The number of benzene rings is 2. The molecule has 6 heteroatoms. The second-order valence-electron chi connectivity index (χ2n) is 6.19. The molecule has 0 radical (unpaired) electrons. The van der Waals surface area contributed by atoms with Gasteiger partial charge in [-0.25, -0.2) is 14.0 Å². The summed E-state index contributed by atoms with van der Waals surface area (Å²) in [4.78, 5) is 24.2. The van der Waals surface area contributed by atoms with E-state index in [4.69, 9.17) is 14.2 Å². The number of ether oxygens (including phenoxy) is 3. The van der Waals surface area contributed by atoms with Crippen molar-refractivity contribution in [1.29, 1.82) is 0 Å². The fourth-order valence-corrected chi connectivity index (χ4v) is 2.45. The molecule has 0 bridgehead atoms. The zero-order valence-electron chi connectivity index (χ0n) is 14.3. The Labute approximate surface area is 150 Å². The van der Waals surface area contributed by atoms with E-state index in [1.54, 1.807) is 36.4 Å². The molecule has 1 fully saturated rings. The lowest BCUT2D eigenvalue weighted by molar-refractivity contribution is -0.222. The van der Waals surface area contributed by atoms with Gasteiger partial charge in [-0.15, -0.1) is 0 Å². The maximum absolute atomic E-state index is 13.3. The predicted octanol–water partition coefficient (Wildman–Crippen LogP) is 3.62. The van der Waals surface area contributed by atoms with E-state index in [1.807, 2.05) is 0 Å². The Morgan fingerprint density at radius 1 is 1.04 bits per heavy atom. The van der Waals surface area contributed by atoms with Crippen molar-refractivity contribution in [3.63, 3.8) is 0 Å². The second kappa shape index (κ2) is 7.00. The average Bonchev–Trinajstić information content (AvgIpc) is 2.56. The molecule has 0 amide bonds. The van der Waals surface area contributed by atoms with Crippen molar-refractivity contribution in [2.75, 3.05) is 0 Å². The Hall–Kier alpha value is -3.15. The number of esters is 2. The number of para-hydroxylation sites is 1. The van der Waals surface area contributed by atoms with Gasteiger partial charge in [-0.05, 0) is 29.8 Å². The fourth-order valence-electron chi connectivity index (χ4n) is 2.45. The van der Waals surface area contributed by atoms with E-state index in [0.717, 1.165) is 0 Å². The molecule has 0 aliphatic carbocycles. The van der Waals surface area contributed by atoms with E-state index >= 15 is 0 Å². The lowest BCUT2D eigenvalue weighted by Gasteiger charge is -2.29. The van der Waals surface area contributed by atoms with Crippen LogP contribution in [0.3, 0.4) is 0 Å². The molecule has 0 aromatic heterocycles. The molecule has 0 unspecified atom stereocenters. The van der Waals surface area contributed by atoms with Crippen LogP contribution in [-0.4, -0.2) is 17.7 Å². The molecule has 2 aromatic carbocycles. The van der Waals surface area contributed by atoms with Gasteiger partial charge in [0, 0.05) is 19.4 Å². The van der Waals surface area contributed by atoms with Crippen LogP contribution in [0, 0.1) is 5.82 Å². The van der Waals surface area contributed by atoms with Gasteiger partial charge >= 0.3 is 11.9 Å². The molecule has 0 spiro atoms. The van der Waals surface area contributed by atoms with Crippen molar-refractivity contribution in [2.24, 2.45) is 0 Å². The van der Waals surface area contributed by atoms with E-state index < -0.39 is 17.7 Å². The first kappa shape index (κ1) is 17.7. The van der Waals surface area contributed by atoms with E-state index in [0.29, 0.717) is 16.9 Å². The summed E-state index contributed by atoms with van der Waals surface area (Å²) in [5, 5.41) is 0. The van der Waals surface area contributed by atoms with Crippen LogP contribution in [0.2, 0.25) is 0 Å². The Balaban J connectivity index is 1.83. The molecule has 3 rings (SSSR count). The number of cyclic esters (lactones) is 2. The Kier molecular flexibility index (Phi) is 4.75. The number of hydrogen-bond acceptors (Lipinski definition) is 5. The van der Waals surface area contributed by atoms with Gasteiger partial charge in [0.2, 0.25) is 0 Å². The van der Waals surface area contributed by atoms with Crippen LogP contribution in [0.25, 0.3) is 6.08 Å². The number of carbonyl (C=O) groups excluding carboxylic acids is 2. The standard InChI is InChI=1S/C20H17FO5/c1-20(2)25-18(22)16(19(23)26-20)11-14-7-3-4-9-17(14)24-12-13-6-5-8-15(21)10-13/h3-11H,12H2,1-2H3. The largest absolute Gasteiger partial charge is 0.488 e. The quantitative estimate of drug-likeness (QED) is 0.476. The summed E-state index contributed by atoms with van der Waals surface area (Å²) in [6.45, 7) is 3.10. The lowest BCUT2D eigenvalue weighted by atomic mass is 10.1. The number of hydrogen-bond donors (Lipinski definition) is 0. The van der Waals surface area contributed by atoms with E-state index in [2.05, 4.69) is 0 Å². The highest BCUT2D eigenvalue weighted by molar-refractivity contribution is 6.19. The van der Waals surface area contributed by atoms with Gasteiger partial charge in [0.05, 0.1) is 0 Å². The van der Waals surface area contributed by atoms with Crippen LogP contribution in [-0.2, 0) is 25.7 Å². The monoisotopic (exact) mass is 356 g/mol. The first-order valence-corrected chi connectivity index (χ1v) is 7.99. The van der Waals surface area contributed by atoms with Gasteiger partial charge in [-0.1, -0.05) is 30.3 Å². The van der Waals surface area contributed by atoms with Crippen molar-refractivity contribution in [3.05, 3.63) is 71.0 Å². The summed E-state index contributed by atoms with van der Waals surface area (Å²) in [5.74, 6) is -2.72. The van der Waals surface area contributed by atoms with Crippen molar-refractivity contribution in [2.45, 2.75) is 26.2 Å². The van der Waals surface area contributed by atoms with Crippen molar-refractivity contribution in [1.82, 2.24) is 0 Å². The molecular formula is C20H17FO5. The zero-order chi connectivity index (χ0) is 18.7. The maximum atomic E-state index is 13.3. The van der Waals surface area contributed by atoms with Crippen molar-refractivity contribution < 1.29 is 28.2 Å². The molecular weight excluding hydrogens is 339 g/mol. The van der Waals surface area contributed by atoms with Gasteiger partial charge in [-0.3, -0.25) is 0 Å². The predicted molar refractivity (Wildman–Crippen MR) is 91.4 cm³/mol. The van der Waals surface area contributed by atoms with E-state index in [9.17, 15) is 14.0 Å². The lowest BCUT2D eigenvalue weighted by Crippen LogP contribution is -2.41. The summed E-state index contributed by atoms with van der Waals surface area (Å²) < 4.78 is 29.1. The highest BCUT2D eigenvalue weighted by Crippen LogP contribution is 2.27. The van der Waals surface area contributed by atoms with Crippen LogP contribution in [0.5, 0.6) is 5.75 Å². The number of carbonyl (C=O) groups is 2. The minimum atomic E-state index is -1.29. The first-order chi connectivity index (χ1) is 12.3. The fraction of sp³-hybridized carbons (Fsp3) is 0.200. The molecule has 1 aliphatic heterocycles. The zero-order valence-corrected chi connectivity index (χ0v) is 14.3. The molecule has 26 heavy (non-hydrogen) atoms. The highest BCUT2D eigenvalue weighted by Gasteiger charge is 2.38. The minimum Gasteiger partial charge on any atom is -0.488 e. The van der Waals surface area contributed by atoms with Crippen LogP contribution >= 0.6 is 0 Å². The van der Waals surface area contributed by atoms with Crippen LogP contribution in [0.4, 0.5) is 4.39 Å². The second-order valence-corrected chi connectivity index (χ2v) is 6.19. The molecule has 0 saturated carbocycles. The third kappa shape index (κ3) is 4.08. The Bertz CT molecular complexity index is 863. The van der Waals surface area contributed by atoms with Crippen LogP contribution < -0.4 is 4.74 Å². The third-order valence-corrected chi connectivity index (χ3v) is 3.62. The maximum Gasteiger partial charge on any atom is 0.348 e. The molecule has 1 heterocycles. The summed E-state index contributed by atoms with van der Waals surface area (Å²) in [5.41, 5.74) is 0.948. The Morgan fingerprint density at radius 2 is 1.73 bits per heavy atom. The minimum absolute atomic E-state index is 0.139. The van der Waals surface area contributed by atoms with Crippen molar-refractivity contribution in [3.8, 4) is 5.75 Å². The third-order valence-electron chi connectivity index (χ3n) is 3.62. The average molecular weight is 356 g/mol. The molecule has 0 N–H and O–H groups in total. The van der Waals surface area contributed by atoms with Crippen molar-refractivity contribution >= 4 is 18.0 Å². The van der Waals surface area contributed by atoms with Gasteiger partial charge in [0.25, 0.3) is 5.79 Å². The molecule has 0 atom stereocenters. The van der Waals surface area contributed by atoms with E-state index in [-0.39, 0.29) is 18.0 Å². The highest BCUT2D eigenvalue weighted by atomic mass is 19.1. The number of rotatable bonds is 4. The number of halogens is 1. The smallest absolute Gasteiger partial charge is 0.348 e.